The number of nitrogens with zero attached hydrogens (tertiary/aromatic N) is 1. The lowest BCUT2D eigenvalue weighted by atomic mass is 9.52. The molecule has 0 radical (unpaired) electrons. The van der Waals surface area contributed by atoms with Gasteiger partial charge in [0.2, 0.25) is 5.91 Å². The van der Waals surface area contributed by atoms with Crippen LogP contribution in [0.4, 0.5) is 0 Å². The third-order valence-electron chi connectivity index (χ3n) is 18.1. The normalized spacial score (nSPS) is 33.0. The zero-order chi connectivity index (χ0) is 55.3. The second kappa shape index (κ2) is 24.5. The highest BCUT2D eigenvalue weighted by atomic mass is 16.3. The maximum absolute atomic E-state index is 15.2. The molecule has 3 aliphatic carbocycles. The SMILES string of the molecule is C=C(/C=C/C=C1\[C@H]2[C@@H](CCC[C@H]1O)C[C@@]1([C@@H]3CC[C@H](O)Cc4cccc(c4)C[C@H]([C@H](CN=C(N)N)c4ccc(O)cc4)[C@H](O)CN[C@@H]4C(=O)N[C@H](N)c5cccc(c54)CC(=O)/C(C)=C/3CC[C@@]1(C)O)[C@@H]2O)CCC=C(C)C. The first-order valence-electron chi connectivity index (χ1n) is 27.9. The number of phenols is 1. The molecule has 414 valence electrons. The molecule has 1 spiro atoms. The van der Waals surface area contributed by atoms with E-state index in [1.165, 1.54) is 5.57 Å². The number of fused-ring (bicyclic) bond motifs is 5. The van der Waals surface area contributed by atoms with Gasteiger partial charge in [0.15, 0.2) is 11.7 Å². The molecule has 14 heteroatoms. The average Bonchev–Trinajstić information content (AvgIpc) is 3.74. The zero-order valence-corrected chi connectivity index (χ0v) is 45.5. The molecule has 0 saturated heterocycles. The van der Waals surface area contributed by atoms with Gasteiger partial charge in [0.1, 0.15) is 18.0 Å². The minimum Gasteiger partial charge on any atom is -0.508 e. The van der Waals surface area contributed by atoms with Crippen molar-refractivity contribution >= 4 is 17.6 Å². The number of ketones is 1. The number of guanidine groups is 1. The number of aliphatic hydroxyl groups is 5. The quantitative estimate of drug-likeness (QED) is 0.0448. The molecule has 5 aliphatic rings. The summed E-state index contributed by atoms with van der Waals surface area (Å²) < 4.78 is 0. The zero-order valence-electron chi connectivity index (χ0n) is 45.5. The number of nitrogens with one attached hydrogen (secondary N) is 2. The van der Waals surface area contributed by atoms with Crippen LogP contribution < -0.4 is 27.8 Å². The van der Waals surface area contributed by atoms with Gasteiger partial charge in [-0.3, -0.25) is 19.9 Å². The Bertz CT molecular complexity index is 2790. The molecular formula is C63H84N6O8. The Balaban J connectivity index is 1.22. The van der Waals surface area contributed by atoms with Crippen LogP contribution in [0.3, 0.4) is 0 Å². The van der Waals surface area contributed by atoms with Crippen molar-refractivity contribution in [3.63, 3.8) is 0 Å². The largest absolute Gasteiger partial charge is 0.508 e. The molecular weight excluding hydrogens is 969 g/mol. The van der Waals surface area contributed by atoms with Crippen LogP contribution in [0.5, 0.6) is 5.75 Å². The number of aromatic hydroxyl groups is 1. The van der Waals surface area contributed by atoms with E-state index in [-0.39, 0.29) is 42.9 Å². The summed E-state index contributed by atoms with van der Waals surface area (Å²) in [5, 5.41) is 79.2. The highest BCUT2D eigenvalue weighted by molar-refractivity contribution is 5.98. The first-order valence-corrected chi connectivity index (χ1v) is 27.9. The van der Waals surface area contributed by atoms with E-state index in [2.05, 4.69) is 42.1 Å². The summed E-state index contributed by atoms with van der Waals surface area (Å²) in [7, 11) is 0. The molecule has 14 nitrogen and oxygen atoms in total. The number of rotatable bonds is 9. The summed E-state index contributed by atoms with van der Waals surface area (Å²) in [4.78, 5) is 33.8. The molecule has 1 amide bonds. The van der Waals surface area contributed by atoms with Crippen LogP contribution in [-0.4, -0.2) is 91.4 Å². The first-order chi connectivity index (χ1) is 36.7. The van der Waals surface area contributed by atoms with Crippen molar-refractivity contribution in [1.82, 2.24) is 10.6 Å². The smallest absolute Gasteiger partial charge is 0.243 e. The molecule has 14 N–H and O–H groups in total. The molecule has 3 fully saturated rings. The van der Waals surface area contributed by atoms with Crippen molar-refractivity contribution in [3.05, 3.63) is 159 Å². The summed E-state index contributed by atoms with van der Waals surface area (Å²) in [6.07, 6.45) is 9.52. The lowest BCUT2D eigenvalue weighted by molar-refractivity contribution is -0.169. The number of benzene rings is 3. The van der Waals surface area contributed by atoms with Crippen molar-refractivity contribution < 1.29 is 40.2 Å². The molecule has 2 aliphatic heterocycles. The Labute approximate surface area is 455 Å². The van der Waals surface area contributed by atoms with Crippen LogP contribution in [0, 0.1) is 29.1 Å². The molecule has 0 aromatic heterocycles. The van der Waals surface area contributed by atoms with Crippen LogP contribution in [0.1, 0.15) is 143 Å². The number of Topliss-reactive ketones (excluding diaryl/α,β-unsaturated/α-hetero) is 1. The molecule has 8 rings (SSSR count). The third kappa shape index (κ3) is 12.6. The number of carbonyl (C=O) groups is 2. The van der Waals surface area contributed by atoms with Crippen molar-refractivity contribution in [2.75, 3.05) is 13.1 Å². The maximum atomic E-state index is 15.2. The fraction of sp³-hybridized carbons (Fsp3) is 0.508. The van der Waals surface area contributed by atoms with E-state index in [9.17, 15) is 35.4 Å². The molecule has 2 bridgehead atoms. The maximum Gasteiger partial charge on any atom is 0.243 e. The van der Waals surface area contributed by atoms with Crippen LogP contribution >= 0.6 is 0 Å². The highest BCUT2D eigenvalue weighted by Crippen LogP contribution is 2.66. The van der Waals surface area contributed by atoms with Crippen molar-refractivity contribution in [3.8, 4) is 5.75 Å². The first kappa shape index (κ1) is 57.5. The van der Waals surface area contributed by atoms with Crippen molar-refractivity contribution in [2.45, 2.75) is 159 Å². The predicted octanol–water partition coefficient (Wildman–Crippen LogP) is 6.99. The van der Waals surface area contributed by atoms with E-state index < -0.39 is 77.2 Å². The van der Waals surface area contributed by atoms with Gasteiger partial charge in [-0.2, -0.15) is 0 Å². The number of allylic oxidation sites excluding steroid dienone is 8. The number of amides is 1. The second-order valence-corrected chi connectivity index (χ2v) is 23.4. The van der Waals surface area contributed by atoms with Gasteiger partial charge in [0.25, 0.3) is 0 Å². The Kier molecular flexibility index (Phi) is 18.3. The average molecular weight is 1050 g/mol. The Morgan fingerprint density at radius 2 is 1.69 bits per heavy atom. The summed E-state index contributed by atoms with van der Waals surface area (Å²) in [6.45, 7) is 12.1. The van der Waals surface area contributed by atoms with Crippen LogP contribution in [0.2, 0.25) is 0 Å². The number of phenolic OH excluding ortho intramolecular Hbond substituents is 1. The monoisotopic (exact) mass is 1050 g/mol. The number of β-amino-alcohol motifs (C(OH)–C–C–N with tert-alkyl or cyclic N) is 1. The molecule has 2 heterocycles. The summed E-state index contributed by atoms with van der Waals surface area (Å²) in [6, 6.07) is 19.1. The van der Waals surface area contributed by atoms with Gasteiger partial charge >= 0.3 is 0 Å². The number of aliphatic imine (C=N–C) groups is 1. The molecule has 13 atom stereocenters. The number of aliphatic hydroxyl groups excluding tert-OH is 4. The van der Waals surface area contributed by atoms with Gasteiger partial charge in [0, 0.05) is 36.8 Å². The van der Waals surface area contributed by atoms with Gasteiger partial charge in [-0.15, -0.1) is 0 Å². The van der Waals surface area contributed by atoms with Gasteiger partial charge in [-0.25, -0.2) is 0 Å². The molecule has 0 unspecified atom stereocenters. The summed E-state index contributed by atoms with van der Waals surface area (Å²) in [5.74, 6) is -2.69. The van der Waals surface area contributed by atoms with Gasteiger partial charge in [-0.05, 0) is 173 Å². The lowest BCUT2D eigenvalue weighted by Crippen LogP contribution is -2.59. The van der Waals surface area contributed by atoms with Crippen molar-refractivity contribution in [2.24, 2.45) is 51.3 Å². The number of hydrogen-bond donors (Lipinski definition) is 11. The van der Waals surface area contributed by atoms with Crippen molar-refractivity contribution in [1.29, 1.82) is 0 Å². The Morgan fingerprint density at radius 1 is 0.961 bits per heavy atom. The fourth-order valence-corrected chi connectivity index (χ4v) is 14.1. The van der Waals surface area contributed by atoms with E-state index in [0.717, 1.165) is 59.1 Å². The van der Waals surface area contributed by atoms with E-state index in [1.54, 1.807) is 24.3 Å². The topological polar surface area (TPSA) is 270 Å². The Morgan fingerprint density at radius 3 is 2.42 bits per heavy atom. The highest BCUT2D eigenvalue weighted by Gasteiger charge is 2.67. The number of nitrogens with two attached hydrogens (primary N) is 3. The van der Waals surface area contributed by atoms with Crippen LogP contribution in [0.15, 0.2) is 130 Å². The standard InChI is InChI=1S/C63H84N6O8/c1-36(2)11-6-12-37(3)13-7-18-47-52(72)20-10-17-43-33-63(58(75)56(43)47)51-26-25-45(71)30-39-14-8-15-40(29-39)31-49(50(34-68-61(65)66)41-21-23-44(70)24-22-41)54(74)35-67-57-55-42(16-9-19-48(55)59(64)69-60(57)76)32-53(73)38(4)46(51)27-28-62(63,5)77/h7-9,11,13-16,18-19,21-24,29,43,45,49-52,54,56-59,67,70-72,74-75,77H,3,6,10,12,17,20,25-28,30-35,64H2,1-2,4-5H3,(H,69,76)(H4,65,66,68)/b13-7+,46-38+,47-18-/t43-,45-,49+,50+,51+,52+,54+,56+,57-,58+,59-,62+,63+/m0/s1. The van der Waals surface area contributed by atoms with E-state index in [1.807, 2.05) is 74.5 Å². The summed E-state index contributed by atoms with van der Waals surface area (Å²) >= 11 is 0. The van der Waals surface area contributed by atoms with E-state index in [4.69, 9.17) is 17.2 Å². The fourth-order valence-electron chi connectivity index (χ4n) is 14.1. The molecule has 3 aromatic carbocycles. The lowest BCUT2D eigenvalue weighted by Gasteiger charge is -2.56. The second-order valence-electron chi connectivity index (χ2n) is 23.4. The molecule has 3 saturated carbocycles. The summed E-state index contributed by atoms with van der Waals surface area (Å²) in [5.41, 5.74) is 24.6. The van der Waals surface area contributed by atoms with E-state index >= 15 is 4.79 Å². The third-order valence-corrected chi connectivity index (χ3v) is 18.1. The molecule has 3 aromatic rings. The van der Waals surface area contributed by atoms with Gasteiger partial charge in [-0.1, -0.05) is 109 Å². The molecule has 77 heavy (non-hydrogen) atoms. The minimum atomic E-state index is -1.38. The van der Waals surface area contributed by atoms with Crippen LogP contribution in [-0.2, 0) is 28.9 Å². The minimum absolute atomic E-state index is 0.0538. The van der Waals surface area contributed by atoms with E-state index in [0.29, 0.717) is 73.6 Å². The number of carbonyl (C=O) groups excluding carboxylic acids is 2. The number of hydrogen-bond acceptors (Lipinski definition) is 11. The van der Waals surface area contributed by atoms with Crippen LogP contribution in [0.25, 0.3) is 0 Å². The predicted molar refractivity (Wildman–Crippen MR) is 302 cm³/mol. The van der Waals surface area contributed by atoms with Gasteiger partial charge < -0.3 is 53.2 Å². The Hall–Kier alpha value is -5.71. The van der Waals surface area contributed by atoms with Gasteiger partial charge in [0.05, 0.1) is 30.0 Å².